The predicted octanol–water partition coefficient (Wildman–Crippen LogP) is 5.43. The minimum absolute atomic E-state index is 0.137. The van der Waals surface area contributed by atoms with E-state index in [4.69, 9.17) is 4.98 Å². The van der Waals surface area contributed by atoms with Crippen LogP contribution in [0.15, 0.2) is 36.7 Å². The van der Waals surface area contributed by atoms with Crippen molar-refractivity contribution in [3.05, 3.63) is 52.9 Å². The summed E-state index contributed by atoms with van der Waals surface area (Å²) in [6.07, 6.45) is 13.1. The van der Waals surface area contributed by atoms with Gasteiger partial charge in [-0.1, -0.05) is 12.5 Å². The van der Waals surface area contributed by atoms with Crippen LogP contribution in [-0.2, 0) is 15.1 Å². The molecule has 5 heterocycles. The summed E-state index contributed by atoms with van der Waals surface area (Å²) in [6.45, 7) is 3.85. The van der Waals surface area contributed by atoms with E-state index in [0.29, 0.717) is 18.3 Å². The summed E-state index contributed by atoms with van der Waals surface area (Å²) in [6, 6.07) is 8.44. The molecule has 3 aliphatic heterocycles. The molecule has 1 aliphatic carbocycles. The maximum absolute atomic E-state index is 12.0. The Kier molecular flexibility index (Phi) is 6.86. The number of carbonyl (C=O) groups is 2. The maximum atomic E-state index is 12.0. The standard InChI is InChI=1S/C23H23N5OS.C6H11NO/c1-14-9-16(11-17(10-14)26-22-24-7-5-18(27-22)15-3-4-15)19-13-25-21(30-19)23-6-2-8-28(23)20(29)12-23;8-6-4-2-1-3-5-7-6/h5,7,9-11,13,15H,2-4,6,8,12H2,1H3,(H,24,26,27);1-5H2,(H,7,8). The van der Waals surface area contributed by atoms with Gasteiger partial charge in [0, 0.05) is 49.2 Å². The zero-order valence-electron chi connectivity index (χ0n) is 21.8. The SMILES string of the molecule is Cc1cc(Nc2nccc(C3CC3)n2)cc(-c2cnc(C34CCCN3C(=O)C4)s2)c1.O=C1CCCCCN1. The lowest BCUT2D eigenvalue weighted by Gasteiger charge is -2.45. The van der Waals surface area contributed by atoms with Crippen molar-refractivity contribution in [3.63, 3.8) is 0 Å². The van der Waals surface area contributed by atoms with Gasteiger partial charge in [-0.2, -0.15) is 0 Å². The number of amides is 2. The minimum atomic E-state index is -0.137. The van der Waals surface area contributed by atoms with E-state index in [1.54, 1.807) is 11.3 Å². The molecule has 2 aromatic heterocycles. The fourth-order valence-electron chi connectivity index (χ4n) is 5.67. The molecule has 2 amide bonds. The Morgan fingerprint density at radius 2 is 2.00 bits per heavy atom. The van der Waals surface area contributed by atoms with E-state index in [2.05, 4.69) is 45.7 Å². The Bertz CT molecular complexity index is 1340. The van der Waals surface area contributed by atoms with Crippen molar-refractivity contribution in [1.29, 1.82) is 0 Å². The van der Waals surface area contributed by atoms with Crippen LogP contribution < -0.4 is 10.6 Å². The number of carbonyl (C=O) groups excluding carboxylic acids is 2. The number of anilines is 2. The first-order chi connectivity index (χ1) is 18.5. The summed E-state index contributed by atoms with van der Waals surface area (Å²) < 4.78 is 0. The number of nitrogens with zero attached hydrogens (tertiary/aromatic N) is 4. The van der Waals surface area contributed by atoms with Crippen LogP contribution in [0.1, 0.15) is 80.0 Å². The van der Waals surface area contributed by atoms with Gasteiger partial charge in [-0.05, 0) is 74.8 Å². The van der Waals surface area contributed by atoms with Crippen molar-refractivity contribution in [2.24, 2.45) is 0 Å². The van der Waals surface area contributed by atoms with E-state index in [1.165, 1.54) is 24.8 Å². The van der Waals surface area contributed by atoms with Crippen molar-refractivity contribution < 1.29 is 9.59 Å². The molecule has 2 N–H and O–H groups in total. The minimum Gasteiger partial charge on any atom is -0.356 e. The van der Waals surface area contributed by atoms with Crippen molar-refractivity contribution in [2.75, 3.05) is 18.4 Å². The van der Waals surface area contributed by atoms with Crippen LogP contribution in [0.5, 0.6) is 0 Å². The number of hydrogen-bond donors (Lipinski definition) is 2. The van der Waals surface area contributed by atoms with Gasteiger partial charge in [0.15, 0.2) is 0 Å². The van der Waals surface area contributed by atoms with E-state index in [-0.39, 0.29) is 17.4 Å². The highest BCUT2D eigenvalue weighted by molar-refractivity contribution is 7.15. The molecule has 3 aromatic rings. The molecule has 1 aromatic carbocycles. The quantitative estimate of drug-likeness (QED) is 0.427. The normalized spacial score (nSPS) is 22.5. The van der Waals surface area contributed by atoms with Gasteiger partial charge in [0.25, 0.3) is 0 Å². The summed E-state index contributed by atoms with van der Waals surface area (Å²) in [4.78, 5) is 39.5. The second kappa shape index (κ2) is 10.4. The number of thiazole rings is 1. The lowest BCUT2D eigenvalue weighted by atomic mass is 9.85. The lowest BCUT2D eigenvalue weighted by molar-refractivity contribution is -0.153. The van der Waals surface area contributed by atoms with Gasteiger partial charge in [0.1, 0.15) is 10.5 Å². The highest BCUT2D eigenvalue weighted by atomic mass is 32.1. The lowest BCUT2D eigenvalue weighted by Crippen LogP contribution is -2.57. The third-order valence-electron chi connectivity index (χ3n) is 7.83. The zero-order valence-corrected chi connectivity index (χ0v) is 22.6. The third kappa shape index (κ3) is 5.16. The number of nitrogens with one attached hydrogen (secondary N) is 2. The van der Waals surface area contributed by atoms with Crippen molar-refractivity contribution in [2.45, 2.75) is 76.2 Å². The zero-order chi connectivity index (χ0) is 26.1. The van der Waals surface area contributed by atoms with Gasteiger partial charge >= 0.3 is 0 Å². The van der Waals surface area contributed by atoms with E-state index in [1.807, 2.05) is 23.4 Å². The van der Waals surface area contributed by atoms with Crippen molar-refractivity contribution in [1.82, 2.24) is 25.2 Å². The summed E-state index contributed by atoms with van der Waals surface area (Å²) in [5.41, 5.74) is 4.27. The van der Waals surface area contributed by atoms with Gasteiger partial charge in [-0.3, -0.25) is 9.59 Å². The van der Waals surface area contributed by atoms with E-state index < -0.39 is 0 Å². The maximum Gasteiger partial charge on any atom is 0.227 e. The topological polar surface area (TPSA) is 100 Å². The van der Waals surface area contributed by atoms with Gasteiger partial charge in [-0.15, -0.1) is 11.3 Å². The smallest absolute Gasteiger partial charge is 0.227 e. The number of rotatable bonds is 5. The second-order valence-corrected chi connectivity index (χ2v) is 11.9. The van der Waals surface area contributed by atoms with Gasteiger partial charge in [0.05, 0.1) is 11.3 Å². The van der Waals surface area contributed by atoms with Crippen molar-refractivity contribution in [3.8, 4) is 10.4 Å². The highest BCUT2D eigenvalue weighted by Crippen LogP contribution is 2.51. The second-order valence-electron chi connectivity index (χ2n) is 10.8. The third-order valence-corrected chi connectivity index (χ3v) is 9.07. The molecular formula is C29H34N6O2S. The molecule has 4 fully saturated rings. The van der Waals surface area contributed by atoms with Crippen LogP contribution in [0.3, 0.4) is 0 Å². The van der Waals surface area contributed by atoms with E-state index in [0.717, 1.165) is 72.0 Å². The molecule has 4 aliphatic rings. The summed E-state index contributed by atoms with van der Waals surface area (Å²) in [7, 11) is 0. The fraction of sp³-hybridized carbons (Fsp3) is 0.483. The summed E-state index contributed by atoms with van der Waals surface area (Å²) in [5, 5.41) is 7.26. The molecule has 0 spiro atoms. The molecule has 8 nitrogen and oxygen atoms in total. The highest BCUT2D eigenvalue weighted by Gasteiger charge is 2.56. The first-order valence-electron chi connectivity index (χ1n) is 13.8. The molecule has 198 valence electrons. The Hall–Kier alpha value is -3.33. The molecular weight excluding hydrogens is 496 g/mol. The fourth-order valence-corrected chi connectivity index (χ4v) is 6.80. The van der Waals surface area contributed by atoms with Crippen molar-refractivity contribution >= 4 is 34.8 Å². The number of fused-ring (bicyclic) bond motifs is 1. The Morgan fingerprint density at radius 3 is 2.84 bits per heavy atom. The average Bonchev–Trinajstić information content (AvgIpc) is 3.60. The molecule has 1 unspecified atom stereocenters. The van der Waals surface area contributed by atoms with Crippen LogP contribution >= 0.6 is 11.3 Å². The van der Waals surface area contributed by atoms with Gasteiger partial charge < -0.3 is 15.5 Å². The number of hydrogen-bond acceptors (Lipinski definition) is 7. The van der Waals surface area contributed by atoms with Crippen LogP contribution in [0.2, 0.25) is 0 Å². The first kappa shape index (κ1) is 25.0. The average molecular weight is 531 g/mol. The van der Waals surface area contributed by atoms with Crippen LogP contribution in [0.4, 0.5) is 11.6 Å². The van der Waals surface area contributed by atoms with Gasteiger partial charge in [0.2, 0.25) is 17.8 Å². The Morgan fingerprint density at radius 1 is 1.11 bits per heavy atom. The monoisotopic (exact) mass is 530 g/mol. The number of aromatic nitrogens is 3. The predicted molar refractivity (Wildman–Crippen MR) is 148 cm³/mol. The molecule has 7 rings (SSSR count). The van der Waals surface area contributed by atoms with Crippen LogP contribution in [-0.4, -0.2) is 44.8 Å². The largest absolute Gasteiger partial charge is 0.356 e. The molecule has 3 saturated heterocycles. The van der Waals surface area contributed by atoms with E-state index in [9.17, 15) is 9.59 Å². The van der Waals surface area contributed by atoms with E-state index >= 15 is 0 Å². The molecule has 9 heteroatoms. The molecule has 0 radical (unpaired) electrons. The number of aryl methyl sites for hydroxylation is 1. The molecule has 1 saturated carbocycles. The number of benzene rings is 1. The summed E-state index contributed by atoms with van der Waals surface area (Å²) >= 11 is 1.71. The molecule has 0 bridgehead atoms. The molecule has 1 atom stereocenters. The van der Waals surface area contributed by atoms with Gasteiger partial charge in [-0.25, -0.2) is 15.0 Å². The number of β-lactam (4-membered cyclic amide) rings is 1. The Balaban J connectivity index is 0.000000285. The first-order valence-corrected chi connectivity index (χ1v) is 14.6. The van der Waals surface area contributed by atoms with Crippen LogP contribution in [0, 0.1) is 6.92 Å². The molecule has 38 heavy (non-hydrogen) atoms. The summed E-state index contributed by atoms with van der Waals surface area (Å²) in [5.74, 6) is 1.74. The Labute approximate surface area is 227 Å². The van der Waals surface area contributed by atoms with Crippen LogP contribution in [0.25, 0.3) is 10.4 Å².